The highest BCUT2D eigenvalue weighted by Crippen LogP contribution is 2.07. The van der Waals surface area contributed by atoms with Gasteiger partial charge in [0.25, 0.3) is 0 Å². The minimum atomic E-state index is -0.111. The molecule has 0 aliphatic heterocycles. The van der Waals surface area contributed by atoms with E-state index in [0.717, 1.165) is 6.42 Å². The molecule has 16 heavy (non-hydrogen) atoms. The number of rotatable bonds is 8. The van der Waals surface area contributed by atoms with Gasteiger partial charge >= 0.3 is 0 Å². The summed E-state index contributed by atoms with van der Waals surface area (Å²) in [5.74, 6) is 0.731. The molecule has 0 saturated carbocycles. The third-order valence-electron chi connectivity index (χ3n) is 2.30. The first-order valence-corrected chi connectivity index (χ1v) is 5.89. The van der Waals surface area contributed by atoms with Gasteiger partial charge in [-0.25, -0.2) is 0 Å². The van der Waals surface area contributed by atoms with Crippen molar-refractivity contribution >= 4 is 5.78 Å². The predicted octanol–water partition coefficient (Wildman–Crippen LogP) is 0.989. The quantitative estimate of drug-likeness (QED) is 0.578. The molecule has 0 rings (SSSR count). The number of likely N-dealkylation sites (N-methyl/N-ethyl adjacent to an activating group) is 1. The van der Waals surface area contributed by atoms with E-state index in [1.807, 2.05) is 14.0 Å². The summed E-state index contributed by atoms with van der Waals surface area (Å²) in [5.41, 5.74) is 6.44. The van der Waals surface area contributed by atoms with Gasteiger partial charge in [-0.3, -0.25) is 4.79 Å². The molecule has 0 aromatic heterocycles. The van der Waals surface area contributed by atoms with Crippen LogP contribution in [0.5, 0.6) is 0 Å². The number of Topliss-reactive ketones (excluding diaryl/α,β-unsaturated/α-hetero) is 1. The minimum Gasteiger partial charge on any atom is -0.400 e. The average Bonchev–Trinajstić information content (AvgIpc) is 2.23. The lowest BCUT2D eigenvalue weighted by molar-refractivity contribution is -0.120. The smallest absolute Gasteiger partial charge is 0.154 e. The van der Waals surface area contributed by atoms with Crippen LogP contribution < -0.4 is 16.4 Å². The molecule has 4 heteroatoms. The molecule has 0 aromatic carbocycles. The molecule has 4 N–H and O–H groups in total. The Morgan fingerprint density at radius 1 is 1.44 bits per heavy atom. The van der Waals surface area contributed by atoms with E-state index < -0.39 is 0 Å². The number of nitrogens with two attached hydrogens (primary N) is 1. The first-order valence-electron chi connectivity index (χ1n) is 5.89. The Labute approximate surface area is 98.7 Å². The Hall–Kier alpha value is -1.03. The van der Waals surface area contributed by atoms with Crippen molar-refractivity contribution in [3.05, 3.63) is 11.9 Å². The molecule has 0 aliphatic rings. The van der Waals surface area contributed by atoms with E-state index in [1.54, 1.807) is 6.20 Å². The molecule has 0 aromatic rings. The molecule has 0 bridgehead atoms. The zero-order valence-corrected chi connectivity index (χ0v) is 10.8. The van der Waals surface area contributed by atoms with Crippen molar-refractivity contribution in [1.82, 2.24) is 10.6 Å². The first kappa shape index (κ1) is 15.0. The second-order valence-corrected chi connectivity index (χ2v) is 4.42. The van der Waals surface area contributed by atoms with E-state index in [2.05, 4.69) is 24.5 Å². The summed E-state index contributed by atoms with van der Waals surface area (Å²) in [7, 11) is 1.84. The Kier molecular flexibility index (Phi) is 7.64. The highest BCUT2D eigenvalue weighted by Gasteiger charge is 2.16. The van der Waals surface area contributed by atoms with Gasteiger partial charge in [0.1, 0.15) is 0 Å². The van der Waals surface area contributed by atoms with Crippen LogP contribution in [0.3, 0.4) is 0 Å². The van der Waals surface area contributed by atoms with Crippen LogP contribution in [0.15, 0.2) is 11.9 Å². The number of carbonyl (C=O) groups is 1. The van der Waals surface area contributed by atoms with Crippen molar-refractivity contribution < 1.29 is 4.79 Å². The number of hydrogen-bond donors (Lipinski definition) is 3. The lowest BCUT2D eigenvalue weighted by Gasteiger charge is -2.18. The van der Waals surface area contributed by atoms with Gasteiger partial charge in [0.15, 0.2) is 5.78 Å². The van der Waals surface area contributed by atoms with E-state index in [9.17, 15) is 4.79 Å². The second-order valence-electron chi connectivity index (χ2n) is 4.42. The highest BCUT2D eigenvalue weighted by molar-refractivity contribution is 5.83. The van der Waals surface area contributed by atoms with Crippen LogP contribution in [0.25, 0.3) is 0 Å². The van der Waals surface area contributed by atoms with Gasteiger partial charge < -0.3 is 16.4 Å². The highest BCUT2D eigenvalue weighted by atomic mass is 16.1. The predicted molar refractivity (Wildman–Crippen MR) is 67.9 cm³/mol. The van der Waals surface area contributed by atoms with E-state index in [-0.39, 0.29) is 11.8 Å². The second kappa shape index (κ2) is 8.16. The molecular formula is C12H25N3O. The molecule has 0 amide bonds. The summed E-state index contributed by atoms with van der Waals surface area (Å²) in [5, 5.41) is 6.07. The van der Waals surface area contributed by atoms with Gasteiger partial charge in [0.2, 0.25) is 0 Å². The molecule has 0 radical (unpaired) electrons. The van der Waals surface area contributed by atoms with Gasteiger partial charge in [0.05, 0.1) is 6.04 Å². The molecule has 0 aliphatic carbocycles. The van der Waals surface area contributed by atoms with Crippen molar-refractivity contribution in [3.63, 3.8) is 0 Å². The fourth-order valence-electron chi connectivity index (χ4n) is 1.47. The maximum atomic E-state index is 11.7. The largest absolute Gasteiger partial charge is 0.400 e. The molecule has 0 spiro atoms. The lowest BCUT2D eigenvalue weighted by Crippen LogP contribution is -2.35. The molecule has 94 valence electrons. The van der Waals surface area contributed by atoms with Gasteiger partial charge in [-0.1, -0.05) is 20.8 Å². The third-order valence-corrected chi connectivity index (χ3v) is 2.30. The lowest BCUT2D eigenvalue weighted by atomic mass is 9.99. The number of nitrogens with one attached hydrogen (secondary N) is 2. The SMILES string of the molecule is CCC(=O)[C@H](CC(C)C)N/C=C(\N)CNC. The number of hydrogen-bond acceptors (Lipinski definition) is 4. The van der Waals surface area contributed by atoms with Crippen molar-refractivity contribution in [3.8, 4) is 0 Å². The summed E-state index contributed by atoms with van der Waals surface area (Å²) in [6.07, 6.45) is 3.14. The van der Waals surface area contributed by atoms with E-state index in [0.29, 0.717) is 24.6 Å². The molecule has 1 atom stereocenters. The Morgan fingerprint density at radius 3 is 2.50 bits per heavy atom. The Balaban J connectivity index is 4.31. The van der Waals surface area contributed by atoms with E-state index in [4.69, 9.17) is 5.73 Å². The average molecular weight is 227 g/mol. The van der Waals surface area contributed by atoms with Crippen LogP contribution >= 0.6 is 0 Å². The van der Waals surface area contributed by atoms with Crippen LogP contribution in [0.1, 0.15) is 33.6 Å². The summed E-state index contributed by atoms with van der Waals surface area (Å²) in [4.78, 5) is 11.7. The minimum absolute atomic E-state index is 0.111. The molecule has 0 heterocycles. The van der Waals surface area contributed by atoms with Crippen molar-refractivity contribution in [2.45, 2.75) is 39.7 Å². The fraction of sp³-hybridized carbons (Fsp3) is 0.750. The fourth-order valence-corrected chi connectivity index (χ4v) is 1.47. The van der Waals surface area contributed by atoms with Crippen LogP contribution in [0.4, 0.5) is 0 Å². The maximum Gasteiger partial charge on any atom is 0.154 e. The third kappa shape index (κ3) is 6.45. The van der Waals surface area contributed by atoms with Crippen molar-refractivity contribution in [1.29, 1.82) is 0 Å². The van der Waals surface area contributed by atoms with Crippen LogP contribution in [0, 0.1) is 5.92 Å². The zero-order valence-electron chi connectivity index (χ0n) is 10.8. The van der Waals surface area contributed by atoms with E-state index in [1.165, 1.54) is 0 Å². The van der Waals surface area contributed by atoms with E-state index >= 15 is 0 Å². The molecule has 4 nitrogen and oxygen atoms in total. The standard InChI is InChI=1S/C12H25N3O/c1-5-12(16)11(6-9(2)3)15-8-10(13)7-14-4/h8-9,11,14-15H,5-7,13H2,1-4H3/b10-8-/t11-/m0/s1. The Morgan fingerprint density at radius 2 is 2.06 bits per heavy atom. The summed E-state index contributed by atoms with van der Waals surface area (Å²) >= 11 is 0. The monoisotopic (exact) mass is 227 g/mol. The van der Waals surface area contributed by atoms with Crippen LogP contribution in [-0.4, -0.2) is 25.4 Å². The van der Waals surface area contributed by atoms with Gasteiger partial charge in [0, 0.05) is 24.9 Å². The number of ketones is 1. The maximum absolute atomic E-state index is 11.7. The van der Waals surface area contributed by atoms with Gasteiger partial charge in [-0.2, -0.15) is 0 Å². The molecule has 0 fully saturated rings. The zero-order chi connectivity index (χ0) is 12.6. The summed E-state index contributed by atoms with van der Waals surface area (Å²) in [6, 6.07) is -0.111. The molecule has 0 unspecified atom stereocenters. The van der Waals surface area contributed by atoms with Crippen LogP contribution in [-0.2, 0) is 4.79 Å². The van der Waals surface area contributed by atoms with Crippen LogP contribution in [0.2, 0.25) is 0 Å². The van der Waals surface area contributed by atoms with Crippen molar-refractivity contribution in [2.75, 3.05) is 13.6 Å². The summed E-state index contributed by atoms with van der Waals surface area (Å²) < 4.78 is 0. The van der Waals surface area contributed by atoms with Crippen molar-refractivity contribution in [2.24, 2.45) is 11.7 Å². The first-order chi connectivity index (χ1) is 7.51. The number of carbonyl (C=O) groups excluding carboxylic acids is 1. The Bertz CT molecular complexity index is 236. The summed E-state index contributed by atoms with van der Waals surface area (Å²) in [6.45, 7) is 6.73. The molecular weight excluding hydrogens is 202 g/mol. The van der Waals surface area contributed by atoms with Gasteiger partial charge in [-0.05, 0) is 19.4 Å². The van der Waals surface area contributed by atoms with Gasteiger partial charge in [-0.15, -0.1) is 0 Å². The molecule has 0 saturated heterocycles. The normalized spacial score (nSPS) is 13.9. The topological polar surface area (TPSA) is 67.2 Å².